The minimum atomic E-state index is -0.248. The van der Waals surface area contributed by atoms with E-state index in [4.69, 9.17) is 5.73 Å². The van der Waals surface area contributed by atoms with E-state index in [1.165, 1.54) is 6.92 Å². The lowest BCUT2D eigenvalue weighted by Gasteiger charge is -1.99. The summed E-state index contributed by atoms with van der Waals surface area (Å²) in [4.78, 5) is 10.3. The fraction of sp³-hybridized carbons (Fsp3) is 0.400. The predicted octanol–water partition coefficient (Wildman–Crippen LogP) is -1.22. The SMILES string of the molecule is CC(=O)/C(=C/[O-])CN. The Morgan fingerprint density at radius 2 is 2.38 bits per heavy atom. The summed E-state index contributed by atoms with van der Waals surface area (Å²) >= 11 is 0. The Kier molecular flexibility index (Phi) is 2.88. The molecule has 0 saturated carbocycles. The minimum absolute atomic E-state index is 0.0405. The van der Waals surface area contributed by atoms with Gasteiger partial charge < -0.3 is 10.8 Å². The maximum atomic E-state index is 10.3. The quantitative estimate of drug-likeness (QED) is 0.361. The summed E-state index contributed by atoms with van der Waals surface area (Å²) < 4.78 is 0. The Labute approximate surface area is 47.8 Å². The van der Waals surface area contributed by atoms with Crippen molar-refractivity contribution in [2.45, 2.75) is 6.92 Å². The van der Waals surface area contributed by atoms with Crippen LogP contribution in [0, 0.1) is 0 Å². The molecule has 0 unspecified atom stereocenters. The van der Waals surface area contributed by atoms with Crippen molar-refractivity contribution in [3.63, 3.8) is 0 Å². The van der Waals surface area contributed by atoms with Crippen molar-refractivity contribution in [2.75, 3.05) is 6.54 Å². The smallest absolute Gasteiger partial charge is 0.155 e. The van der Waals surface area contributed by atoms with Gasteiger partial charge in [-0.2, -0.15) is 0 Å². The zero-order valence-electron chi connectivity index (χ0n) is 4.68. The Morgan fingerprint density at radius 1 is 1.88 bits per heavy atom. The van der Waals surface area contributed by atoms with Gasteiger partial charge in [-0.15, -0.1) is 6.26 Å². The van der Waals surface area contributed by atoms with Gasteiger partial charge in [0, 0.05) is 6.54 Å². The highest BCUT2D eigenvalue weighted by atomic mass is 16.2. The first-order valence-electron chi connectivity index (χ1n) is 2.24. The van der Waals surface area contributed by atoms with E-state index in [0.717, 1.165) is 0 Å². The van der Waals surface area contributed by atoms with Gasteiger partial charge in [0.15, 0.2) is 5.78 Å². The minimum Gasteiger partial charge on any atom is -0.878 e. The summed E-state index contributed by atoms with van der Waals surface area (Å²) in [6, 6.07) is 0. The van der Waals surface area contributed by atoms with Crippen molar-refractivity contribution >= 4 is 5.78 Å². The number of hydrogen-bond donors (Lipinski definition) is 1. The number of nitrogens with two attached hydrogens (primary N) is 1. The van der Waals surface area contributed by atoms with Gasteiger partial charge in [-0.1, -0.05) is 0 Å². The normalized spacial score (nSPS) is 11.5. The van der Waals surface area contributed by atoms with Gasteiger partial charge in [0.1, 0.15) is 0 Å². The second-order valence-corrected chi connectivity index (χ2v) is 1.40. The average molecular weight is 114 g/mol. The van der Waals surface area contributed by atoms with Crippen molar-refractivity contribution in [1.29, 1.82) is 0 Å². The molecule has 8 heavy (non-hydrogen) atoms. The molecule has 0 bridgehead atoms. The van der Waals surface area contributed by atoms with E-state index in [0.29, 0.717) is 6.26 Å². The first-order chi connectivity index (χ1) is 3.72. The Morgan fingerprint density at radius 3 is 2.38 bits per heavy atom. The Balaban J connectivity index is 3.92. The van der Waals surface area contributed by atoms with E-state index in [-0.39, 0.29) is 17.9 Å². The Hall–Kier alpha value is -0.830. The van der Waals surface area contributed by atoms with Gasteiger partial charge in [0.2, 0.25) is 0 Å². The molecular formula is C5H8NO2-. The lowest BCUT2D eigenvalue weighted by atomic mass is 10.2. The zero-order chi connectivity index (χ0) is 6.57. The van der Waals surface area contributed by atoms with E-state index in [9.17, 15) is 9.90 Å². The van der Waals surface area contributed by atoms with Crippen LogP contribution in [-0.2, 0) is 4.79 Å². The van der Waals surface area contributed by atoms with Crippen LogP contribution in [0.4, 0.5) is 0 Å². The van der Waals surface area contributed by atoms with Crippen LogP contribution in [0.15, 0.2) is 11.8 Å². The molecule has 0 radical (unpaired) electrons. The standard InChI is InChI=1S/C5H9NO2/c1-4(8)5(2-6)3-7/h3,7H,2,6H2,1H3/p-1/b5-3+. The topological polar surface area (TPSA) is 66.1 Å². The highest BCUT2D eigenvalue weighted by Gasteiger charge is 1.93. The molecule has 0 fully saturated rings. The van der Waals surface area contributed by atoms with E-state index in [1.807, 2.05) is 0 Å². The monoisotopic (exact) mass is 114 g/mol. The number of carbonyl (C=O) groups is 1. The highest BCUT2D eigenvalue weighted by molar-refractivity contribution is 5.93. The summed E-state index contributed by atoms with van der Waals surface area (Å²) in [5.74, 6) is -0.248. The number of rotatable bonds is 2. The molecule has 0 aliphatic rings. The second kappa shape index (κ2) is 3.21. The van der Waals surface area contributed by atoms with Gasteiger partial charge in [-0.05, 0) is 12.5 Å². The summed E-state index contributed by atoms with van der Waals surface area (Å²) in [6.45, 7) is 1.36. The number of carbonyl (C=O) groups excluding carboxylic acids is 1. The van der Waals surface area contributed by atoms with Crippen molar-refractivity contribution in [2.24, 2.45) is 5.73 Å². The van der Waals surface area contributed by atoms with Crippen LogP contribution in [0.1, 0.15) is 6.92 Å². The first kappa shape index (κ1) is 7.17. The van der Waals surface area contributed by atoms with E-state index in [1.54, 1.807) is 0 Å². The third kappa shape index (κ3) is 1.75. The van der Waals surface area contributed by atoms with Crippen LogP contribution in [0.5, 0.6) is 0 Å². The second-order valence-electron chi connectivity index (χ2n) is 1.40. The number of hydrogen-bond acceptors (Lipinski definition) is 3. The molecule has 2 N–H and O–H groups in total. The lowest BCUT2D eigenvalue weighted by Crippen LogP contribution is -2.12. The van der Waals surface area contributed by atoms with E-state index in [2.05, 4.69) is 0 Å². The highest BCUT2D eigenvalue weighted by Crippen LogP contribution is 1.87. The maximum Gasteiger partial charge on any atom is 0.155 e. The van der Waals surface area contributed by atoms with Crippen LogP contribution < -0.4 is 10.8 Å². The van der Waals surface area contributed by atoms with Crippen LogP contribution in [0.3, 0.4) is 0 Å². The maximum absolute atomic E-state index is 10.3. The van der Waals surface area contributed by atoms with Crippen molar-refractivity contribution in [3.8, 4) is 0 Å². The fourth-order valence-corrected chi connectivity index (χ4v) is 0.275. The molecule has 0 aliphatic carbocycles. The fourth-order valence-electron chi connectivity index (χ4n) is 0.275. The molecule has 46 valence electrons. The summed E-state index contributed by atoms with van der Waals surface area (Å²) in [6.07, 6.45) is 0.488. The molecule has 0 spiro atoms. The van der Waals surface area contributed by atoms with Crippen molar-refractivity contribution in [1.82, 2.24) is 0 Å². The lowest BCUT2D eigenvalue weighted by molar-refractivity contribution is -0.276. The number of ketones is 1. The van der Waals surface area contributed by atoms with Crippen LogP contribution in [0.25, 0.3) is 0 Å². The number of Topliss-reactive ketones (excluding diaryl/α,β-unsaturated/α-hetero) is 1. The molecule has 0 heterocycles. The largest absolute Gasteiger partial charge is 0.878 e. The summed E-state index contributed by atoms with van der Waals surface area (Å²) in [5.41, 5.74) is 5.14. The van der Waals surface area contributed by atoms with Gasteiger partial charge in [0.05, 0.1) is 0 Å². The van der Waals surface area contributed by atoms with Gasteiger partial charge in [-0.3, -0.25) is 4.79 Å². The van der Waals surface area contributed by atoms with Crippen molar-refractivity contribution < 1.29 is 9.90 Å². The molecule has 0 aromatic heterocycles. The van der Waals surface area contributed by atoms with E-state index >= 15 is 0 Å². The molecule has 3 heteroatoms. The molecule has 0 aromatic carbocycles. The van der Waals surface area contributed by atoms with Crippen LogP contribution in [-0.4, -0.2) is 12.3 Å². The van der Waals surface area contributed by atoms with E-state index < -0.39 is 0 Å². The van der Waals surface area contributed by atoms with Crippen molar-refractivity contribution in [3.05, 3.63) is 11.8 Å². The molecular weight excluding hydrogens is 106 g/mol. The Bertz CT molecular complexity index is 118. The molecule has 0 rings (SSSR count). The van der Waals surface area contributed by atoms with Gasteiger partial charge >= 0.3 is 0 Å². The zero-order valence-corrected chi connectivity index (χ0v) is 4.68. The molecule has 0 amide bonds. The van der Waals surface area contributed by atoms with Crippen LogP contribution in [0.2, 0.25) is 0 Å². The molecule has 0 atom stereocenters. The predicted molar refractivity (Wildman–Crippen MR) is 27.8 cm³/mol. The molecule has 0 aliphatic heterocycles. The van der Waals surface area contributed by atoms with Gasteiger partial charge in [0.25, 0.3) is 0 Å². The molecule has 0 saturated heterocycles. The summed E-state index contributed by atoms with van der Waals surface area (Å²) in [7, 11) is 0. The molecule has 0 aromatic rings. The first-order valence-corrected chi connectivity index (χ1v) is 2.24. The van der Waals surface area contributed by atoms with Gasteiger partial charge in [-0.25, -0.2) is 0 Å². The average Bonchev–Trinajstić information content (AvgIpc) is 1.69. The summed E-state index contributed by atoms with van der Waals surface area (Å²) in [5, 5.41) is 9.84. The molecule has 3 nitrogen and oxygen atoms in total. The van der Waals surface area contributed by atoms with Crippen LogP contribution >= 0.6 is 0 Å². The third-order valence-corrected chi connectivity index (χ3v) is 0.814. The third-order valence-electron chi connectivity index (χ3n) is 0.814.